The van der Waals surface area contributed by atoms with Crippen molar-refractivity contribution in [3.05, 3.63) is 59.4 Å². The topological polar surface area (TPSA) is 48.9 Å². The fourth-order valence-electron chi connectivity index (χ4n) is 4.75. The van der Waals surface area contributed by atoms with E-state index >= 15 is 0 Å². The second-order valence-electron chi connectivity index (χ2n) is 8.23. The first-order valence-corrected chi connectivity index (χ1v) is 10.6. The van der Waals surface area contributed by atoms with Crippen LogP contribution in [-0.4, -0.2) is 65.2 Å². The Labute approximate surface area is 176 Å². The van der Waals surface area contributed by atoms with Gasteiger partial charge in [-0.2, -0.15) is 0 Å². The number of fused-ring (bicyclic) bond motifs is 1. The Morgan fingerprint density at radius 2 is 1.90 bits per heavy atom. The quantitative estimate of drug-likeness (QED) is 0.775. The maximum Gasteiger partial charge on any atom is 0.238 e. The molecule has 3 aliphatic heterocycles. The Balaban J connectivity index is 1.24. The number of pyridine rings is 1. The molecule has 0 radical (unpaired) electrons. The molecule has 0 aliphatic carbocycles. The number of nitrogens with zero attached hydrogens (tertiary/aromatic N) is 4. The summed E-state index contributed by atoms with van der Waals surface area (Å²) in [4.78, 5) is 23.4. The van der Waals surface area contributed by atoms with Gasteiger partial charge in [-0.25, -0.2) is 0 Å². The maximum atomic E-state index is 12.8. The van der Waals surface area contributed by atoms with E-state index in [4.69, 9.17) is 16.3 Å². The highest BCUT2D eigenvalue weighted by molar-refractivity contribution is 6.31. The average molecular weight is 413 g/mol. The van der Waals surface area contributed by atoms with Gasteiger partial charge < -0.3 is 14.5 Å². The normalized spacial score (nSPS) is 24.2. The van der Waals surface area contributed by atoms with Crippen molar-refractivity contribution in [3.63, 3.8) is 0 Å². The van der Waals surface area contributed by atoms with E-state index in [0.29, 0.717) is 19.6 Å². The molecule has 3 saturated heterocycles. The molecule has 4 heterocycles. The summed E-state index contributed by atoms with van der Waals surface area (Å²) < 4.78 is 6.54. The monoisotopic (exact) mass is 412 g/mol. The Morgan fingerprint density at radius 3 is 2.66 bits per heavy atom. The SMILES string of the molecule is O=C1CN(Cc2ccccc2Cl)CC2OC3(CCN(c4ccncc4)CC3)CN12. The first kappa shape index (κ1) is 18.9. The van der Waals surface area contributed by atoms with Crippen molar-refractivity contribution in [1.29, 1.82) is 0 Å². The number of carbonyl (C=O) groups is 1. The lowest BCUT2D eigenvalue weighted by Crippen LogP contribution is -2.53. The van der Waals surface area contributed by atoms with Gasteiger partial charge in [-0.3, -0.25) is 14.7 Å². The van der Waals surface area contributed by atoms with Gasteiger partial charge in [-0.1, -0.05) is 29.8 Å². The zero-order valence-electron chi connectivity index (χ0n) is 16.3. The molecule has 1 unspecified atom stereocenters. The Morgan fingerprint density at radius 1 is 1.14 bits per heavy atom. The molecule has 1 aromatic carbocycles. The van der Waals surface area contributed by atoms with E-state index in [1.165, 1.54) is 5.69 Å². The van der Waals surface area contributed by atoms with Gasteiger partial charge in [0.1, 0.15) is 6.23 Å². The van der Waals surface area contributed by atoms with Crippen LogP contribution in [0.15, 0.2) is 48.8 Å². The van der Waals surface area contributed by atoms with Crippen LogP contribution in [-0.2, 0) is 16.1 Å². The van der Waals surface area contributed by atoms with Crippen LogP contribution in [0.3, 0.4) is 0 Å². The molecule has 0 bridgehead atoms. The summed E-state index contributed by atoms with van der Waals surface area (Å²) in [6.07, 6.45) is 5.36. The fourth-order valence-corrected chi connectivity index (χ4v) is 4.94. The predicted molar refractivity (Wildman–Crippen MR) is 112 cm³/mol. The second-order valence-corrected chi connectivity index (χ2v) is 8.64. The molecule has 0 saturated carbocycles. The van der Waals surface area contributed by atoms with Crippen molar-refractivity contribution in [2.45, 2.75) is 31.2 Å². The number of rotatable bonds is 3. The molecule has 7 heteroatoms. The number of aromatic nitrogens is 1. The minimum absolute atomic E-state index is 0.154. The standard InChI is InChI=1S/C22H25ClN4O2/c23-19-4-2-1-3-17(19)13-25-14-20(28)27-16-22(29-21(27)15-25)7-11-26(12-8-22)18-5-9-24-10-6-18/h1-6,9-10,21H,7-8,11-16H2. The molecule has 1 aromatic heterocycles. The van der Waals surface area contributed by atoms with Gasteiger partial charge in [0.25, 0.3) is 0 Å². The average Bonchev–Trinajstić information content (AvgIpc) is 3.09. The molecule has 5 rings (SSSR count). The predicted octanol–water partition coefficient (Wildman–Crippen LogP) is 2.77. The molecular weight excluding hydrogens is 388 g/mol. The van der Waals surface area contributed by atoms with Crippen LogP contribution < -0.4 is 4.90 Å². The molecule has 2 aromatic rings. The highest BCUT2D eigenvalue weighted by Crippen LogP contribution is 2.38. The maximum absolute atomic E-state index is 12.8. The summed E-state index contributed by atoms with van der Waals surface area (Å²) in [5.74, 6) is 0.154. The van der Waals surface area contributed by atoms with Gasteiger partial charge in [-0.15, -0.1) is 0 Å². The van der Waals surface area contributed by atoms with Crippen molar-refractivity contribution < 1.29 is 9.53 Å². The Bertz CT molecular complexity index is 885. The smallest absolute Gasteiger partial charge is 0.238 e. The number of piperazine rings is 1. The van der Waals surface area contributed by atoms with Crippen LogP contribution in [0.1, 0.15) is 18.4 Å². The van der Waals surface area contributed by atoms with E-state index in [1.807, 2.05) is 53.7 Å². The van der Waals surface area contributed by atoms with E-state index in [9.17, 15) is 4.79 Å². The lowest BCUT2D eigenvalue weighted by molar-refractivity contribution is -0.149. The van der Waals surface area contributed by atoms with Gasteiger partial charge in [0.2, 0.25) is 5.91 Å². The first-order valence-electron chi connectivity index (χ1n) is 10.2. The van der Waals surface area contributed by atoms with E-state index in [2.05, 4.69) is 14.8 Å². The third-order valence-electron chi connectivity index (χ3n) is 6.34. The third kappa shape index (κ3) is 3.72. The molecule has 6 nitrogen and oxygen atoms in total. The molecule has 1 amide bonds. The molecule has 152 valence electrons. The van der Waals surface area contributed by atoms with Gasteiger partial charge in [-0.05, 0) is 36.6 Å². The third-order valence-corrected chi connectivity index (χ3v) is 6.71. The van der Waals surface area contributed by atoms with Gasteiger partial charge in [0.05, 0.1) is 18.7 Å². The van der Waals surface area contributed by atoms with Crippen molar-refractivity contribution in [2.75, 3.05) is 37.6 Å². The molecule has 1 spiro atoms. The summed E-state index contributed by atoms with van der Waals surface area (Å²) in [6.45, 7) is 4.39. The van der Waals surface area contributed by atoms with Crippen molar-refractivity contribution >= 4 is 23.2 Å². The second kappa shape index (κ2) is 7.59. The minimum Gasteiger partial charge on any atom is -0.371 e. The first-order chi connectivity index (χ1) is 14.1. The molecule has 1 atom stereocenters. The molecule has 0 N–H and O–H groups in total. The van der Waals surface area contributed by atoms with Crippen LogP contribution in [0, 0.1) is 0 Å². The number of piperidine rings is 1. The van der Waals surface area contributed by atoms with Crippen LogP contribution in [0.4, 0.5) is 5.69 Å². The molecule has 3 aliphatic rings. The number of halogens is 1. The number of benzene rings is 1. The fraction of sp³-hybridized carbons (Fsp3) is 0.455. The Hall–Kier alpha value is -2.15. The summed E-state index contributed by atoms with van der Waals surface area (Å²) >= 11 is 6.31. The zero-order valence-corrected chi connectivity index (χ0v) is 17.1. The largest absolute Gasteiger partial charge is 0.371 e. The van der Waals surface area contributed by atoms with E-state index in [0.717, 1.165) is 43.1 Å². The molecule has 29 heavy (non-hydrogen) atoms. The van der Waals surface area contributed by atoms with Crippen molar-refractivity contribution in [3.8, 4) is 0 Å². The van der Waals surface area contributed by atoms with Crippen LogP contribution in [0.25, 0.3) is 0 Å². The lowest BCUT2D eigenvalue weighted by Gasteiger charge is -2.39. The number of anilines is 1. The number of hydrogen-bond donors (Lipinski definition) is 0. The number of carbonyl (C=O) groups excluding carboxylic acids is 1. The molecule has 3 fully saturated rings. The van der Waals surface area contributed by atoms with Gasteiger partial charge >= 0.3 is 0 Å². The highest BCUT2D eigenvalue weighted by Gasteiger charge is 2.50. The minimum atomic E-state index is -0.218. The van der Waals surface area contributed by atoms with Crippen molar-refractivity contribution in [1.82, 2.24) is 14.8 Å². The summed E-state index contributed by atoms with van der Waals surface area (Å²) in [6, 6.07) is 11.9. The van der Waals surface area contributed by atoms with Crippen LogP contribution in [0.5, 0.6) is 0 Å². The van der Waals surface area contributed by atoms with E-state index in [-0.39, 0.29) is 17.7 Å². The van der Waals surface area contributed by atoms with Crippen molar-refractivity contribution in [2.24, 2.45) is 0 Å². The van der Waals surface area contributed by atoms with Gasteiger partial charge in [0, 0.05) is 49.3 Å². The summed E-state index contributed by atoms with van der Waals surface area (Å²) in [5.41, 5.74) is 2.03. The Kier molecular flexibility index (Phi) is 4.94. The van der Waals surface area contributed by atoms with Gasteiger partial charge in [0.15, 0.2) is 0 Å². The number of hydrogen-bond acceptors (Lipinski definition) is 5. The summed E-state index contributed by atoms with van der Waals surface area (Å²) in [5, 5.41) is 0.745. The number of amides is 1. The van der Waals surface area contributed by atoms with E-state index < -0.39 is 0 Å². The molecular formula is C22H25ClN4O2. The lowest BCUT2D eigenvalue weighted by atomic mass is 9.91. The van der Waals surface area contributed by atoms with Crippen LogP contribution >= 0.6 is 11.6 Å². The summed E-state index contributed by atoms with van der Waals surface area (Å²) in [7, 11) is 0. The highest BCUT2D eigenvalue weighted by atomic mass is 35.5. The van der Waals surface area contributed by atoms with E-state index in [1.54, 1.807) is 0 Å². The van der Waals surface area contributed by atoms with Crippen LogP contribution in [0.2, 0.25) is 5.02 Å². The number of ether oxygens (including phenoxy) is 1. The zero-order chi connectivity index (χ0) is 19.8.